The molecule has 120 valence electrons. The second-order valence-corrected chi connectivity index (χ2v) is 5.48. The van der Waals surface area contributed by atoms with Crippen molar-refractivity contribution in [1.29, 1.82) is 0 Å². The van der Waals surface area contributed by atoms with Crippen molar-refractivity contribution >= 4 is 5.91 Å². The van der Waals surface area contributed by atoms with Crippen LogP contribution in [0.4, 0.5) is 0 Å². The summed E-state index contributed by atoms with van der Waals surface area (Å²) in [5.74, 6) is -0.461. The Balaban J connectivity index is 1.92. The lowest BCUT2D eigenvalue weighted by atomic mass is 9.85. The molecule has 1 heterocycles. The third-order valence-corrected chi connectivity index (χ3v) is 3.91. The van der Waals surface area contributed by atoms with Gasteiger partial charge in [-0.15, -0.1) is 0 Å². The van der Waals surface area contributed by atoms with Gasteiger partial charge in [0.2, 0.25) is 0 Å². The Morgan fingerprint density at radius 1 is 0.875 bits per heavy atom. The Kier molecular flexibility index (Phi) is 4.68. The van der Waals surface area contributed by atoms with Crippen molar-refractivity contribution < 1.29 is 9.90 Å². The first-order chi connectivity index (χ1) is 11.7. The molecule has 0 spiro atoms. The van der Waals surface area contributed by atoms with Gasteiger partial charge in [0, 0.05) is 18.9 Å². The van der Waals surface area contributed by atoms with E-state index in [-0.39, 0.29) is 0 Å². The van der Waals surface area contributed by atoms with Crippen molar-refractivity contribution in [2.45, 2.75) is 12.1 Å². The molecule has 4 nitrogen and oxygen atoms in total. The molecule has 3 aromatic rings. The Morgan fingerprint density at radius 3 is 1.88 bits per heavy atom. The molecular weight excluding hydrogens is 300 g/mol. The SMILES string of the molecule is O=C(NCc1ccncc1)C(O)(c1ccccc1)c1ccccc1. The largest absolute Gasteiger partial charge is 0.372 e. The van der Waals surface area contributed by atoms with E-state index in [4.69, 9.17) is 0 Å². The van der Waals surface area contributed by atoms with Crippen LogP contribution >= 0.6 is 0 Å². The number of aromatic nitrogens is 1. The Labute approximate surface area is 140 Å². The number of nitrogens with zero attached hydrogens (tertiary/aromatic N) is 1. The van der Waals surface area contributed by atoms with Gasteiger partial charge in [-0.1, -0.05) is 60.7 Å². The number of carbonyl (C=O) groups excluding carboxylic acids is 1. The fourth-order valence-corrected chi connectivity index (χ4v) is 2.60. The monoisotopic (exact) mass is 318 g/mol. The minimum absolute atomic E-state index is 0.323. The second-order valence-electron chi connectivity index (χ2n) is 5.48. The van der Waals surface area contributed by atoms with Crippen LogP contribution in [0.15, 0.2) is 85.2 Å². The molecule has 2 aromatic carbocycles. The maximum atomic E-state index is 12.9. The quantitative estimate of drug-likeness (QED) is 0.760. The van der Waals surface area contributed by atoms with Crippen molar-refractivity contribution in [2.24, 2.45) is 0 Å². The molecule has 0 bridgehead atoms. The van der Waals surface area contributed by atoms with Crippen LogP contribution in [0, 0.1) is 0 Å². The molecule has 24 heavy (non-hydrogen) atoms. The van der Waals surface area contributed by atoms with E-state index in [1.54, 1.807) is 60.9 Å². The molecule has 0 saturated carbocycles. The van der Waals surface area contributed by atoms with Crippen LogP contribution in [0.2, 0.25) is 0 Å². The first-order valence-corrected chi connectivity index (χ1v) is 7.72. The summed E-state index contributed by atoms with van der Waals surface area (Å²) in [5.41, 5.74) is 0.240. The van der Waals surface area contributed by atoms with Crippen LogP contribution in [0.1, 0.15) is 16.7 Å². The fourth-order valence-electron chi connectivity index (χ4n) is 2.60. The maximum absolute atomic E-state index is 12.9. The van der Waals surface area contributed by atoms with E-state index in [2.05, 4.69) is 10.3 Å². The predicted molar refractivity (Wildman–Crippen MR) is 92.0 cm³/mol. The summed E-state index contributed by atoms with van der Waals surface area (Å²) >= 11 is 0. The maximum Gasteiger partial charge on any atom is 0.261 e. The molecule has 0 radical (unpaired) electrons. The summed E-state index contributed by atoms with van der Waals surface area (Å²) in [6.07, 6.45) is 3.34. The molecule has 0 aliphatic rings. The lowest BCUT2D eigenvalue weighted by Gasteiger charge is -2.28. The van der Waals surface area contributed by atoms with Crippen molar-refractivity contribution in [3.63, 3.8) is 0 Å². The van der Waals surface area contributed by atoms with Gasteiger partial charge in [0.1, 0.15) is 0 Å². The number of benzene rings is 2. The highest BCUT2D eigenvalue weighted by molar-refractivity contribution is 5.90. The number of rotatable bonds is 5. The Hall–Kier alpha value is -2.98. The zero-order chi connectivity index (χ0) is 16.8. The van der Waals surface area contributed by atoms with Crippen LogP contribution in [0.3, 0.4) is 0 Å². The van der Waals surface area contributed by atoms with Gasteiger partial charge in [0.25, 0.3) is 5.91 Å². The first kappa shape index (κ1) is 15.9. The van der Waals surface area contributed by atoms with E-state index >= 15 is 0 Å². The van der Waals surface area contributed by atoms with E-state index in [0.717, 1.165) is 5.56 Å². The van der Waals surface area contributed by atoms with Gasteiger partial charge in [-0.05, 0) is 28.8 Å². The minimum atomic E-state index is -1.74. The Bertz CT molecular complexity index is 750. The van der Waals surface area contributed by atoms with Gasteiger partial charge in [0.05, 0.1) is 0 Å². The highest BCUT2D eigenvalue weighted by atomic mass is 16.3. The molecule has 0 atom stereocenters. The molecule has 0 fully saturated rings. The number of nitrogens with one attached hydrogen (secondary N) is 1. The zero-order valence-electron chi connectivity index (χ0n) is 13.1. The van der Waals surface area contributed by atoms with Crippen molar-refractivity contribution in [2.75, 3.05) is 0 Å². The van der Waals surface area contributed by atoms with Gasteiger partial charge in [-0.3, -0.25) is 9.78 Å². The summed E-state index contributed by atoms with van der Waals surface area (Å²) in [4.78, 5) is 16.8. The van der Waals surface area contributed by atoms with Crippen LogP contribution in [-0.4, -0.2) is 16.0 Å². The summed E-state index contributed by atoms with van der Waals surface area (Å²) in [6, 6.07) is 21.6. The number of hydrogen-bond donors (Lipinski definition) is 2. The Morgan fingerprint density at radius 2 is 1.38 bits per heavy atom. The number of aliphatic hydroxyl groups is 1. The van der Waals surface area contributed by atoms with Crippen molar-refractivity contribution in [3.8, 4) is 0 Å². The van der Waals surface area contributed by atoms with E-state index in [1.807, 2.05) is 24.3 Å². The summed E-state index contributed by atoms with van der Waals surface area (Å²) in [5, 5.41) is 14.1. The van der Waals surface area contributed by atoms with E-state index in [9.17, 15) is 9.90 Å². The van der Waals surface area contributed by atoms with Crippen LogP contribution < -0.4 is 5.32 Å². The number of amides is 1. The summed E-state index contributed by atoms with van der Waals surface area (Å²) in [7, 11) is 0. The third kappa shape index (κ3) is 3.19. The molecule has 4 heteroatoms. The lowest BCUT2D eigenvalue weighted by Crippen LogP contribution is -2.45. The molecule has 0 saturated heterocycles. The molecule has 0 aliphatic heterocycles. The summed E-state index contributed by atoms with van der Waals surface area (Å²) < 4.78 is 0. The third-order valence-electron chi connectivity index (χ3n) is 3.91. The van der Waals surface area contributed by atoms with E-state index < -0.39 is 11.5 Å². The lowest BCUT2D eigenvalue weighted by molar-refractivity contribution is -0.136. The second kappa shape index (κ2) is 7.06. The van der Waals surface area contributed by atoms with Gasteiger partial charge < -0.3 is 10.4 Å². The van der Waals surface area contributed by atoms with Gasteiger partial charge in [-0.2, -0.15) is 0 Å². The number of hydrogen-bond acceptors (Lipinski definition) is 3. The minimum Gasteiger partial charge on any atom is -0.372 e. The molecule has 2 N–H and O–H groups in total. The smallest absolute Gasteiger partial charge is 0.261 e. The average Bonchev–Trinajstić information content (AvgIpc) is 2.67. The number of pyridine rings is 1. The molecule has 1 amide bonds. The van der Waals surface area contributed by atoms with Gasteiger partial charge in [-0.25, -0.2) is 0 Å². The molecular formula is C20H18N2O2. The standard InChI is InChI=1S/C20H18N2O2/c23-19(22-15-16-11-13-21-14-12-16)20(24,17-7-3-1-4-8-17)18-9-5-2-6-10-18/h1-14,24H,15H2,(H,22,23). The zero-order valence-corrected chi connectivity index (χ0v) is 13.1. The van der Waals surface area contributed by atoms with Crippen LogP contribution in [0.25, 0.3) is 0 Å². The normalized spacial score (nSPS) is 11.0. The highest BCUT2D eigenvalue weighted by Gasteiger charge is 2.39. The van der Waals surface area contributed by atoms with Crippen molar-refractivity contribution in [1.82, 2.24) is 10.3 Å². The highest BCUT2D eigenvalue weighted by Crippen LogP contribution is 2.29. The summed E-state index contributed by atoms with van der Waals surface area (Å²) in [6.45, 7) is 0.323. The van der Waals surface area contributed by atoms with E-state index in [1.165, 1.54) is 0 Å². The fraction of sp³-hybridized carbons (Fsp3) is 0.100. The van der Waals surface area contributed by atoms with Crippen molar-refractivity contribution in [3.05, 3.63) is 102 Å². The van der Waals surface area contributed by atoms with Crippen LogP contribution in [-0.2, 0) is 16.9 Å². The molecule has 1 aromatic heterocycles. The predicted octanol–water partition coefficient (Wildman–Crippen LogP) is 2.63. The average molecular weight is 318 g/mol. The first-order valence-electron chi connectivity index (χ1n) is 7.72. The molecule has 3 rings (SSSR count). The number of carbonyl (C=O) groups is 1. The topological polar surface area (TPSA) is 62.2 Å². The molecule has 0 aliphatic carbocycles. The van der Waals surface area contributed by atoms with E-state index in [0.29, 0.717) is 17.7 Å². The van der Waals surface area contributed by atoms with Gasteiger partial charge >= 0.3 is 0 Å². The van der Waals surface area contributed by atoms with Gasteiger partial charge in [0.15, 0.2) is 5.60 Å². The van der Waals surface area contributed by atoms with Crippen LogP contribution in [0.5, 0.6) is 0 Å². The molecule has 0 unspecified atom stereocenters.